The van der Waals surface area contributed by atoms with E-state index in [-0.39, 0.29) is 24.9 Å². The molecule has 1 amide bonds. The molecule has 0 bridgehead atoms. The van der Waals surface area contributed by atoms with Crippen molar-refractivity contribution in [3.8, 4) is 0 Å². The number of carboxylic acids is 1. The largest absolute Gasteiger partial charge is 0.479 e. The lowest BCUT2D eigenvalue weighted by Gasteiger charge is -2.28. The van der Waals surface area contributed by atoms with Crippen LogP contribution in [-0.2, 0) is 9.59 Å². The number of amides is 1. The van der Waals surface area contributed by atoms with Crippen molar-refractivity contribution in [2.75, 3.05) is 13.1 Å². The molecule has 6 heteroatoms. The second-order valence-corrected chi connectivity index (χ2v) is 4.74. The van der Waals surface area contributed by atoms with Crippen LogP contribution in [0.5, 0.6) is 0 Å². The van der Waals surface area contributed by atoms with Gasteiger partial charge in [0.1, 0.15) is 0 Å². The van der Waals surface area contributed by atoms with E-state index in [4.69, 9.17) is 10.2 Å². The van der Waals surface area contributed by atoms with Gasteiger partial charge < -0.3 is 20.8 Å². The monoisotopic (exact) mass is 258 g/mol. The molecule has 1 saturated heterocycles. The standard InChI is InChI=1S/C12H22N2O4/c1-2-8-3-5-13-9(7-8)11(16)14-6-4-10(15)12(17)18/h8-10,13,15H,2-7H2,1H3,(H,14,16)(H,17,18)/t8?,9?,10-/m0/s1. The predicted octanol–water partition coefficient (Wildman–Crippen LogP) is -0.284. The lowest BCUT2D eigenvalue weighted by molar-refractivity contribution is -0.147. The summed E-state index contributed by atoms with van der Waals surface area (Å²) < 4.78 is 0. The molecule has 0 radical (unpaired) electrons. The summed E-state index contributed by atoms with van der Waals surface area (Å²) in [5.41, 5.74) is 0. The Balaban J connectivity index is 2.26. The molecule has 1 fully saturated rings. The number of nitrogens with one attached hydrogen (secondary N) is 2. The van der Waals surface area contributed by atoms with Gasteiger partial charge in [-0.2, -0.15) is 0 Å². The number of piperidine rings is 1. The Labute approximate surface area is 107 Å². The molecule has 1 heterocycles. The maximum Gasteiger partial charge on any atom is 0.332 e. The van der Waals surface area contributed by atoms with Gasteiger partial charge in [-0.25, -0.2) is 4.79 Å². The SMILES string of the molecule is CCC1CCNC(C(=O)NCC[C@H](O)C(=O)O)C1. The van der Waals surface area contributed by atoms with Gasteiger partial charge in [0.2, 0.25) is 5.91 Å². The number of aliphatic hydroxyl groups is 1. The molecule has 18 heavy (non-hydrogen) atoms. The molecule has 3 atom stereocenters. The summed E-state index contributed by atoms with van der Waals surface area (Å²) in [7, 11) is 0. The molecule has 0 aromatic carbocycles. The van der Waals surface area contributed by atoms with Crippen LogP contribution >= 0.6 is 0 Å². The van der Waals surface area contributed by atoms with E-state index in [1.807, 2.05) is 0 Å². The number of carboxylic acid groups (broad SMARTS) is 1. The van der Waals surface area contributed by atoms with Crippen LogP contribution in [0.15, 0.2) is 0 Å². The fourth-order valence-corrected chi connectivity index (χ4v) is 2.15. The third-order valence-electron chi connectivity index (χ3n) is 3.41. The van der Waals surface area contributed by atoms with E-state index >= 15 is 0 Å². The molecule has 1 aliphatic heterocycles. The van der Waals surface area contributed by atoms with Crippen molar-refractivity contribution < 1.29 is 19.8 Å². The van der Waals surface area contributed by atoms with Gasteiger partial charge in [-0.1, -0.05) is 13.3 Å². The first kappa shape index (κ1) is 14.9. The van der Waals surface area contributed by atoms with Crippen LogP contribution in [-0.4, -0.2) is 47.3 Å². The van der Waals surface area contributed by atoms with E-state index in [9.17, 15) is 9.59 Å². The van der Waals surface area contributed by atoms with Crippen molar-refractivity contribution in [1.82, 2.24) is 10.6 Å². The summed E-state index contributed by atoms with van der Waals surface area (Å²) in [6, 6.07) is -0.189. The van der Waals surface area contributed by atoms with E-state index in [1.165, 1.54) is 0 Å². The fourth-order valence-electron chi connectivity index (χ4n) is 2.15. The van der Waals surface area contributed by atoms with Crippen molar-refractivity contribution in [2.24, 2.45) is 5.92 Å². The highest BCUT2D eigenvalue weighted by Gasteiger charge is 2.25. The van der Waals surface area contributed by atoms with E-state index in [0.717, 1.165) is 25.8 Å². The molecule has 2 unspecified atom stereocenters. The summed E-state index contributed by atoms with van der Waals surface area (Å²) >= 11 is 0. The first-order valence-electron chi connectivity index (χ1n) is 6.46. The summed E-state index contributed by atoms with van der Waals surface area (Å²) in [6.07, 6.45) is 1.61. The summed E-state index contributed by atoms with van der Waals surface area (Å²) in [5.74, 6) is -0.788. The highest BCUT2D eigenvalue weighted by Crippen LogP contribution is 2.19. The van der Waals surface area contributed by atoms with E-state index in [0.29, 0.717) is 5.92 Å². The second kappa shape index (κ2) is 7.33. The van der Waals surface area contributed by atoms with E-state index in [2.05, 4.69) is 17.6 Å². The second-order valence-electron chi connectivity index (χ2n) is 4.74. The molecule has 0 aromatic heterocycles. The van der Waals surface area contributed by atoms with Crippen LogP contribution in [0.4, 0.5) is 0 Å². The molecule has 0 aliphatic carbocycles. The van der Waals surface area contributed by atoms with Crippen molar-refractivity contribution in [3.05, 3.63) is 0 Å². The molecule has 0 saturated carbocycles. The van der Waals surface area contributed by atoms with Crippen LogP contribution in [0, 0.1) is 5.92 Å². The molecule has 0 aromatic rings. The molecule has 1 rings (SSSR count). The minimum absolute atomic E-state index is 0.0327. The average molecular weight is 258 g/mol. The molecule has 104 valence electrons. The number of carbonyl (C=O) groups excluding carboxylic acids is 1. The van der Waals surface area contributed by atoms with Crippen molar-refractivity contribution in [3.63, 3.8) is 0 Å². The summed E-state index contributed by atoms with van der Waals surface area (Å²) in [5, 5.41) is 23.4. The number of hydrogen-bond acceptors (Lipinski definition) is 4. The van der Waals surface area contributed by atoms with Gasteiger partial charge in [-0.15, -0.1) is 0 Å². The zero-order valence-electron chi connectivity index (χ0n) is 10.7. The number of rotatable bonds is 6. The van der Waals surface area contributed by atoms with Gasteiger partial charge in [0, 0.05) is 13.0 Å². The molecule has 6 nitrogen and oxygen atoms in total. The Kier molecular flexibility index (Phi) is 6.07. The number of carbonyl (C=O) groups is 2. The molecule has 1 aliphatic rings. The Bertz CT molecular complexity index is 296. The van der Waals surface area contributed by atoms with Gasteiger partial charge in [0.25, 0.3) is 0 Å². The number of hydrogen-bond donors (Lipinski definition) is 4. The summed E-state index contributed by atoms with van der Waals surface area (Å²) in [4.78, 5) is 22.2. The first-order chi connectivity index (χ1) is 8.54. The fraction of sp³-hybridized carbons (Fsp3) is 0.833. The Morgan fingerprint density at radius 1 is 1.50 bits per heavy atom. The van der Waals surface area contributed by atoms with Gasteiger partial charge in [-0.3, -0.25) is 4.79 Å². The normalized spacial score (nSPS) is 25.4. The van der Waals surface area contributed by atoms with Crippen LogP contribution < -0.4 is 10.6 Å². The smallest absolute Gasteiger partial charge is 0.332 e. The van der Waals surface area contributed by atoms with Crippen LogP contribution in [0.25, 0.3) is 0 Å². The van der Waals surface area contributed by atoms with Crippen molar-refractivity contribution in [1.29, 1.82) is 0 Å². The maximum absolute atomic E-state index is 11.8. The Hall–Kier alpha value is -1.14. The van der Waals surface area contributed by atoms with Crippen LogP contribution in [0.3, 0.4) is 0 Å². The number of aliphatic carboxylic acids is 1. The highest BCUT2D eigenvalue weighted by molar-refractivity contribution is 5.81. The Morgan fingerprint density at radius 3 is 2.83 bits per heavy atom. The van der Waals surface area contributed by atoms with E-state index < -0.39 is 12.1 Å². The van der Waals surface area contributed by atoms with E-state index in [1.54, 1.807) is 0 Å². The third kappa shape index (κ3) is 4.62. The molecule has 0 spiro atoms. The van der Waals surface area contributed by atoms with Crippen LogP contribution in [0.2, 0.25) is 0 Å². The van der Waals surface area contributed by atoms with Gasteiger partial charge >= 0.3 is 5.97 Å². The lowest BCUT2D eigenvalue weighted by Crippen LogP contribution is -2.49. The zero-order valence-corrected chi connectivity index (χ0v) is 10.7. The molecular formula is C12H22N2O4. The first-order valence-corrected chi connectivity index (χ1v) is 6.46. The maximum atomic E-state index is 11.8. The van der Waals surface area contributed by atoms with Crippen molar-refractivity contribution >= 4 is 11.9 Å². The minimum atomic E-state index is -1.41. The average Bonchev–Trinajstić information content (AvgIpc) is 2.38. The van der Waals surface area contributed by atoms with Crippen LogP contribution in [0.1, 0.15) is 32.6 Å². The third-order valence-corrected chi connectivity index (χ3v) is 3.41. The predicted molar refractivity (Wildman–Crippen MR) is 66.1 cm³/mol. The minimum Gasteiger partial charge on any atom is -0.479 e. The molecular weight excluding hydrogens is 236 g/mol. The van der Waals surface area contributed by atoms with Gasteiger partial charge in [0.15, 0.2) is 6.10 Å². The van der Waals surface area contributed by atoms with Gasteiger partial charge in [0.05, 0.1) is 6.04 Å². The Morgan fingerprint density at radius 2 is 2.22 bits per heavy atom. The number of aliphatic hydroxyl groups excluding tert-OH is 1. The summed E-state index contributed by atoms with van der Waals surface area (Å²) in [6.45, 7) is 3.14. The quantitative estimate of drug-likeness (QED) is 0.525. The zero-order chi connectivity index (χ0) is 13.5. The highest BCUT2D eigenvalue weighted by atomic mass is 16.4. The van der Waals surface area contributed by atoms with Gasteiger partial charge in [-0.05, 0) is 25.3 Å². The lowest BCUT2D eigenvalue weighted by atomic mass is 9.90. The topological polar surface area (TPSA) is 98.7 Å². The molecule has 4 N–H and O–H groups in total. The van der Waals surface area contributed by atoms with Crippen molar-refractivity contribution in [2.45, 2.75) is 44.8 Å².